The minimum Gasteiger partial charge on any atom is -0.466 e. The molecule has 1 rings (SSSR count). The van der Waals surface area contributed by atoms with E-state index in [9.17, 15) is 9.90 Å². The van der Waals surface area contributed by atoms with Gasteiger partial charge in [0.05, 0.1) is 18.1 Å². The van der Waals surface area contributed by atoms with E-state index < -0.39 is 11.5 Å². The van der Waals surface area contributed by atoms with Gasteiger partial charge in [-0.05, 0) is 38.0 Å². The summed E-state index contributed by atoms with van der Waals surface area (Å²) in [5.74, 6) is -0.609. The lowest BCUT2D eigenvalue weighted by molar-refractivity contribution is -0.166. The van der Waals surface area contributed by atoms with Crippen LogP contribution in [0.15, 0.2) is 0 Å². The van der Waals surface area contributed by atoms with Gasteiger partial charge in [0, 0.05) is 0 Å². The van der Waals surface area contributed by atoms with Crippen LogP contribution in [0.2, 0.25) is 0 Å². The van der Waals surface area contributed by atoms with Crippen molar-refractivity contribution in [1.82, 2.24) is 0 Å². The Kier molecular flexibility index (Phi) is 3.68. The maximum Gasteiger partial charge on any atom is 0.312 e. The fourth-order valence-corrected chi connectivity index (χ4v) is 2.45. The molecule has 1 fully saturated rings. The molecule has 2 unspecified atom stereocenters. The van der Waals surface area contributed by atoms with E-state index in [0.29, 0.717) is 6.61 Å². The van der Waals surface area contributed by atoms with Crippen molar-refractivity contribution < 1.29 is 14.6 Å². The molecule has 0 aromatic carbocycles. The van der Waals surface area contributed by atoms with Crippen LogP contribution in [-0.2, 0) is 9.53 Å². The zero-order valence-corrected chi connectivity index (χ0v) is 11.0. The summed E-state index contributed by atoms with van der Waals surface area (Å²) in [6, 6.07) is 0. The normalized spacial score (nSPS) is 23.7. The van der Waals surface area contributed by atoms with E-state index in [0.717, 1.165) is 12.8 Å². The standard InChI is InChI=1S/C13H24O3/c1-6-16-11(14)10(9(2)3)13(5,15)12(4)7-8-12/h9-10,15H,6-8H2,1-5H3. The van der Waals surface area contributed by atoms with Crippen LogP contribution in [0, 0.1) is 17.3 Å². The van der Waals surface area contributed by atoms with Crippen LogP contribution in [0.25, 0.3) is 0 Å². The number of hydrogen-bond acceptors (Lipinski definition) is 3. The fourth-order valence-electron chi connectivity index (χ4n) is 2.45. The second kappa shape index (κ2) is 4.36. The van der Waals surface area contributed by atoms with Gasteiger partial charge >= 0.3 is 5.97 Å². The molecule has 0 heterocycles. The number of rotatable bonds is 5. The highest BCUT2D eigenvalue weighted by atomic mass is 16.5. The molecule has 16 heavy (non-hydrogen) atoms. The minimum absolute atomic E-state index is 0.0893. The summed E-state index contributed by atoms with van der Waals surface area (Å²) in [6.07, 6.45) is 1.98. The number of ether oxygens (including phenoxy) is 1. The smallest absolute Gasteiger partial charge is 0.312 e. The largest absolute Gasteiger partial charge is 0.466 e. The van der Waals surface area contributed by atoms with Crippen molar-refractivity contribution in [3.05, 3.63) is 0 Å². The first-order chi connectivity index (χ1) is 7.26. The third kappa shape index (κ3) is 2.24. The third-order valence-electron chi connectivity index (χ3n) is 4.03. The van der Waals surface area contributed by atoms with Gasteiger partial charge in [-0.1, -0.05) is 20.8 Å². The molecule has 1 aliphatic rings. The van der Waals surface area contributed by atoms with E-state index in [1.807, 2.05) is 20.8 Å². The molecule has 1 N–H and O–H groups in total. The minimum atomic E-state index is -0.965. The van der Waals surface area contributed by atoms with Crippen molar-refractivity contribution in [3.8, 4) is 0 Å². The highest BCUT2D eigenvalue weighted by Gasteiger charge is 2.58. The first-order valence-corrected chi connectivity index (χ1v) is 6.15. The fraction of sp³-hybridized carbons (Fsp3) is 0.923. The van der Waals surface area contributed by atoms with Crippen molar-refractivity contribution in [2.24, 2.45) is 17.3 Å². The van der Waals surface area contributed by atoms with Gasteiger partial charge in [0.1, 0.15) is 0 Å². The zero-order chi connectivity index (χ0) is 12.6. The highest BCUT2D eigenvalue weighted by molar-refractivity contribution is 5.74. The summed E-state index contributed by atoms with van der Waals surface area (Å²) in [6.45, 7) is 9.91. The Balaban J connectivity index is 2.89. The number of hydrogen-bond donors (Lipinski definition) is 1. The van der Waals surface area contributed by atoms with Gasteiger partial charge in [0.25, 0.3) is 0 Å². The monoisotopic (exact) mass is 228 g/mol. The molecule has 0 spiro atoms. The van der Waals surface area contributed by atoms with Gasteiger partial charge < -0.3 is 9.84 Å². The number of carbonyl (C=O) groups is 1. The summed E-state index contributed by atoms with van der Waals surface area (Å²) >= 11 is 0. The molecule has 0 amide bonds. The van der Waals surface area contributed by atoms with Crippen LogP contribution in [0.3, 0.4) is 0 Å². The van der Waals surface area contributed by atoms with E-state index in [-0.39, 0.29) is 17.3 Å². The van der Waals surface area contributed by atoms with Crippen LogP contribution in [0.4, 0.5) is 0 Å². The van der Waals surface area contributed by atoms with Gasteiger partial charge in [-0.25, -0.2) is 0 Å². The lowest BCUT2D eigenvalue weighted by Gasteiger charge is -2.39. The molecule has 0 bridgehead atoms. The lowest BCUT2D eigenvalue weighted by atomic mass is 9.72. The van der Waals surface area contributed by atoms with E-state index in [1.54, 1.807) is 13.8 Å². The summed E-state index contributed by atoms with van der Waals surface area (Å²) in [4.78, 5) is 11.9. The van der Waals surface area contributed by atoms with Gasteiger partial charge in [-0.2, -0.15) is 0 Å². The molecule has 0 radical (unpaired) electrons. The number of esters is 1. The molecule has 0 aromatic heterocycles. The van der Waals surface area contributed by atoms with E-state index in [2.05, 4.69) is 0 Å². The summed E-state index contributed by atoms with van der Waals surface area (Å²) in [5.41, 5.74) is -1.08. The predicted octanol–water partition coefficient (Wildman–Crippen LogP) is 2.37. The maximum atomic E-state index is 11.9. The zero-order valence-electron chi connectivity index (χ0n) is 11.0. The Bertz CT molecular complexity index is 264. The molecule has 2 atom stereocenters. The van der Waals surface area contributed by atoms with Crippen LogP contribution in [0.1, 0.15) is 47.5 Å². The average molecular weight is 228 g/mol. The highest BCUT2D eigenvalue weighted by Crippen LogP contribution is 2.57. The van der Waals surface area contributed by atoms with Crippen molar-refractivity contribution in [3.63, 3.8) is 0 Å². The lowest BCUT2D eigenvalue weighted by Crippen LogP contribution is -2.49. The Morgan fingerprint density at radius 2 is 2.00 bits per heavy atom. The van der Waals surface area contributed by atoms with Crippen molar-refractivity contribution in [1.29, 1.82) is 0 Å². The van der Waals surface area contributed by atoms with Crippen molar-refractivity contribution in [2.45, 2.75) is 53.1 Å². The molecule has 0 aromatic rings. The Labute approximate surface area is 98.2 Å². The Morgan fingerprint density at radius 1 is 1.50 bits per heavy atom. The number of aliphatic hydroxyl groups is 1. The second-order valence-electron chi connectivity index (χ2n) is 5.68. The molecule has 94 valence electrons. The van der Waals surface area contributed by atoms with Gasteiger partial charge in [-0.3, -0.25) is 4.79 Å². The Hall–Kier alpha value is -0.570. The molecular weight excluding hydrogens is 204 g/mol. The summed E-state index contributed by atoms with van der Waals surface area (Å²) in [7, 11) is 0. The van der Waals surface area contributed by atoms with E-state index >= 15 is 0 Å². The van der Waals surface area contributed by atoms with Crippen LogP contribution < -0.4 is 0 Å². The quantitative estimate of drug-likeness (QED) is 0.735. The van der Waals surface area contributed by atoms with Crippen molar-refractivity contribution >= 4 is 5.97 Å². The number of carbonyl (C=O) groups excluding carboxylic acids is 1. The molecule has 1 saturated carbocycles. The molecular formula is C13H24O3. The first-order valence-electron chi connectivity index (χ1n) is 6.15. The van der Waals surface area contributed by atoms with Gasteiger partial charge in [-0.15, -0.1) is 0 Å². The summed E-state index contributed by atoms with van der Waals surface area (Å²) in [5, 5.41) is 10.6. The van der Waals surface area contributed by atoms with Crippen LogP contribution >= 0.6 is 0 Å². The summed E-state index contributed by atoms with van der Waals surface area (Å²) < 4.78 is 5.08. The van der Waals surface area contributed by atoms with Crippen molar-refractivity contribution in [2.75, 3.05) is 6.61 Å². The van der Waals surface area contributed by atoms with Gasteiger partial charge in [0.15, 0.2) is 0 Å². The average Bonchev–Trinajstić information content (AvgIpc) is 2.84. The van der Waals surface area contributed by atoms with E-state index in [4.69, 9.17) is 4.74 Å². The molecule has 3 nitrogen and oxygen atoms in total. The predicted molar refractivity (Wildman–Crippen MR) is 62.9 cm³/mol. The molecule has 1 aliphatic carbocycles. The SMILES string of the molecule is CCOC(=O)C(C(C)C)C(C)(O)C1(C)CC1. The van der Waals surface area contributed by atoms with Gasteiger partial charge in [0.2, 0.25) is 0 Å². The first kappa shape index (κ1) is 13.5. The molecule has 0 aliphatic heterocycles. The molecule has 3 heteroatoms. The third-order valence-corrected chi connectivity index (χ3v) is 4.03. The van der Waals surface area contributed by atoms with Crippen LogP contribution in [0.5, 0.6) is 0 Å². The van der Waals surface area contributed by atoms with E-state index in [1.165, 1.54) is 0 Å². The topological polar surface area (TPSA) is 46.5 Å². The van der Waals surface area contributed by atoms with Crippen LogP contribution in [-0.4, -0.2) is 23.3 Å². The molecule has 0 saturated heterocycles. The Morgan fingerprint density at radius 3 is 2.31 bits per heavy atom. The maximum absolute atomic E-state index is 11.9. The second-order valence-corrected chi connectivity index (χ2v) is 5.68.